The number of sulfone groups is 1. The molecular weight excluding hydrogens is 246 g/mol. The highest BCUT2D eigenvalue weighted by Crippen LogP contribution is 2.21. The van der Waals surface area contributed by atoms with Crippen molar-refractivity contribution in [3.63, 3.8) is 0 Å². The first-order valence-corrected chi connectivity index (χ1v) is 6.91. The lowest BCUT2D eigenvalue weighted by Crippen LogP contribution is -2.19. The smallest absolute Gasteiger partial charge is 0.182 e. The average molecular weight is 258 g/mol. The maximum absolute atomic E-state index is 12.1. The molecule has 0 saturated carbocycles. The molecule has 0 amide bonds. The van der Waals surface area contributed by atoms with Gasteiger partial charge in [0.05, 0.1) is 15.7 Å². The largest absolute Gasteiger partial charge is 0.223 e. The second-order valence-corrected chi connectivity index (χ2v) is 6.15. The third kappa shape index (κ3) is 2.55. The van der Waals surface area contributed by atoms with E-state index < -0.39 is 15.1 Å². The maximum atomic E-state index is 12.1. The van der Waals surface area contributed by atoms with Crippen molar-refractivity contribution in [1.82, 2.24) is 0 Å². The van der Waals surface area contributed by atoms with Gasteiger partial charge in [0.15, 0.2) is 9.84 Å². The van der Waals surface area contributed by atoms with Crippen LogP contribution in [-0.4, -0.2) is 19.5 Å². The molecule has 0 N–H and O–H groups in total. The van der Waals surface area contributed by atoms with Crippen LogP contribution in [0.2, 0.25) is 0 Å². The fraction of sp³-hybridized carbons (Fsp3) is 0.364. The van der Waals surface area contributed by atoms with Gasteiger partial charge in [-0.3, -0.25) is 0 Å². The van der Waals surface area contributed by atoms with E-state index in [-0.39, 0.29) is 16.3 Å². The molecule has 1 rings (SSSR count). The van der Waals surface area contributed by atoms with Crippen LogP contribution < -0.4 is 0 Å². The summed E-state index contributed by atoms with van der Waals surface area (Å²) in [6.45, 7) is 1.60. The fourth-order valence-corrected chi connectivity index (χ4v) is 3.34. The molecule has 1 atom stereocenters. The van der Waals surface area contributed by atoms with E-state index in [9.17, 15) is 8.42 Å². The number of nitrogens with zero attached hydrogens (tertiary/aromatic N) is 1. The summed E-state index contributed by atoms with van der Waals surface area (Å²) in [4.78, 5) is 0.0927. The lowest BCUT2D eigenvalue weighted by molar-refractivity contribution is 0.581. The van der Waals surface area contributed by atoms with Crippen LogP contribution in [0, 0.1) is 11.3 Å². The van der Waals surface area contributed by atoms with Gasteiger partial charge in [-0.1, -0.05) is 12.1 Å². The van der Waals surface area contributed by atoms with Gasteiger partial charge in [0.1, 0.15) is 6.07 Å². The van der Waals surface area contributed by atoms with Crippen molar-refractivity contribution < 1.29 is 8.42 Å². The summed E-state index contributed by atoms with van der Waals surface area (Å²) >= 11 is 5.53. The van der Waals surface area contributed by atoms with Gasteiger partial charge in [-0.05, 0) is 25.5 Å². The SMILES string of the molecule is CC(CCCl)S(=O)(=O)c1ccccc1C#N. The summed E-state index contributed by atoms with van der Waals surface area (Å²) in [5, 5.41) is 8.28. The van der Waals surface area contributed by atoms with Crippen LogP contribution in [0.15, 0.2) is 29.2 Å². The number of nitriles is 1. The number of hydrogen-bond donors (Lipinski definition) is 0. The van der Waals surface area contributed by atoms with Crippen LogP contribution in [0.3, 0.4) is 0 Å². The van der Waals surface area contributed by atoms with Crippen LogP contribution in [0.25, 0.3) is 0 Å². The molecule has 16 heavy (non-hydrogen) atoms. The first-order chi connectivity index (χ1) is 7.54. The zero-order valence-corrected chi connectivity index (χ0v) is 10.4. The minimum Gasteiger partial charge on any atom is -0.223 e. The molecule has 0 fully saturated rings. The van der Waals surface area contributed by atoms with E-state index in [2.05, 4.69) is 0 Å². The Morgan fingerprint density at radius 1 is 1.44 bits per heavy atom. The van der Waals surface area contributed by atoms with Crippen molar-refractivity contribution in [2.45, 2.75) is 23.5 Å². The lowest BCUT2D eigenvalue weighted by Gasteiger charge is -2.12. The topological polar surface area (TPSA) is 57.9 Å². The van der Waals surface area contributed by atoms with Crippen molar-refractivity contribution in [2.24, 2.45) is 0 Å². The molecule has 3 nitrogen and oxygen atoms in total. The van der Waals surface area contributed by atoms with Crippen LogP contribution in [0.4, 0.5) is 0 Å². The van der Waals surface area contributed by atoms with Crippen LogP contribution >= 0.6 is 11.6 Å². The highest BCUT2D eigenvalue weighted by molar-refractivity contribution is 7.92. The van der Waals surface area contributed by atoms with E-state index in [1.54, 1.807) is 19.1 Å². The Morgan fingerprint density at radius 3 is 2.62 bits per heavy atom. The van der Waals surface area contributed by atoms with Gasteiger partial charge in [-0.2, -0.15) is 5.26 Å². The third-order valence-corrected chi connectivity index (χ3v) is 4.84. The van der Waals surface area contributed by atoms with E-state index in [4.69, 9.17) is 16.9 Å². The van der Waals surface area contributed by atoms with Gasteiger partial charge >= 0.3 is 0 Å². The first-order valence-electron chi connectivity index (χ1n) is 4.83. The van der Waals surface area contributed by atoms with Crippen molar-refractivity contribution >= 4 is 21.4 Å². The lowest BCUT2D eigenvalue weighted by atomic mass is 10.2. The quantitative estimate of drug-likeness (QED) is 0.778. The summed E-state index contributed by atoms with van der Waals surface area (Å²) in [5.41, 5.74) is 0.184. The second-order valence-electron chi connectivity index (χ2n) is 3.44. The van der Waals surface area contributed by atoms with E-state index in [1.807, 2.05) is 6.07 Å². The number of hydrogen-bond acceptors (Lipinski definition) is 3. The molecule has 0 heterocycles. The monoisotopic (exact) mass is 257 g/mol. The normalized spacial score (nSPS) is 13.1. The minimum atomic E-state index is -3.45. The molecule has 0 saturated heterocycles. The zero-order valence-electron chi connectivity index (χ0n) is 8.85. The molecular formula is C11H12ClNO2S. The van der Waals surface area contributed by atoms with E-state index >= 15 is 0 Å². The van der Waals surface area contributed by atoms with Crippen molar-refractivity contribution in [1.29, 1.82) is 5.26 Å². The van der Waals surface area contributed by atoms with Gasteiger partial charge in [0, 0.05) is 5.88 Å². The number of halogens is 1. The third-order valence-electron chi connectivity index (χ3n) is 2.36. The van der Waals surface area contributed by atoms with Crippen LogP contribution in [-0.2, 0) is 9.84 Å². The fourth-order valence-electron chi connectivity index (χ4n) is 1.33. The number of alkyl halides is 1. The summed E-state index contributed by atoms with van der Waals surface area (Å²) in [7, 11) is -3.45. The maximum Gasteiger partial charge on any atom is 0.182 e. The summed E-state index contributed by atoms with van der Waals surface area (Å²) in [6.07, 6.45) is 0.379. The predicted octanol–water partition coefficient (Wildman–Crippen LogP) is 2.35. The average Bonchev–Trinajstić information content (AvgIpc) is 2.29. The van der Waals surface area contributed by atoms with Gasteiger partial charge in [-0.15, -0.1) is 11.6 Å². The molecule has 1 aromatic carbocycles. The van der Waals surface area contributed by atoms with E-state index in [1.165, 1.54) is 12.1 Å². The summed E-state index contributed by atoms with van der Waals surface area (Å²) in [6, 6.07) is 8.10. The van der Waals surface area contributed by atoms with Crippen molar-refractivity contribution in [3.05, 3.63) is 29.8 Å². The standard InChI is InChI=1S/C11H12ClNO2S/c1-9(6-7-12)16(14,15)11-5-3-2-4-10(11)8-13/h2-5,9H,6-7H2,1H3. The molecule has 1 unspecified atom stereocenters. The molecule has 0 aromatic heterocycles. The van der Waals surface area contributed by atoms with Gasteiger partial charge in [0.25, 0.3) is 0 Å². The molecule has 0 radical (unpaired) electrons. The number of rotatable bonds is 4. The summed E-state index contributed by atoms with van der Waals surface area (Å²) in [5.74, 6) is 0.287. The van der Waals surface area contributed by atoms with Crippen LogP contribution in [0.5, 0.6) is 0 Å². The molecule has 5 heteroatoms. The minimum absolute atomic E-state index is 0.0927. The van der Waals surface area contributed by atoms with E-state index in [0.717, 1.165) is 0 Å². The first kappa shape index (κ1) is 13.0. The van der Waals surface area contributed by atoms with Gasteiger partial charge in [0.2, 0.25) is 0 Å². The molecule has 0 spiro atoms. The van der Waals surface area contributed by atoms with Crippen molar-refractivity contribution in [3.8, 4) is 6.07 Å². The Labute approximate surface area is 101 Å². The molecule has 1 aromatic rings. The van der Waals surface area contributed by atoms with Crippen LogP contribution in [0.1, 0.15) is 18.9 Å². The van der Waals surface area contributed by atoms with E-state index in [0.29, 0.717) is 6.42 Å². The molecule has 86 valence electrons. The summed E-state index contributed by atoms with van der Waals surface area (Å²) < 4.78 is 24.2. The zero-order chi connectivity index (χ0) is 12.2. The second kappa shape index (κ2) is 5.33. The van der Waals surface area contributed by atoms with Gasteiger partial charge in [-0.25, -0.2) is 8.42 Å². The Kier molecular flexibility index (Phi) is 4.34. The van der Waals surface area contributed by atoms with Crippen molar-refractivity contribution in [2.75, 3.05) is 5.88 Å². The molecule has 0 bridgehead atoms. The number of benzene rings is 1. The molecule has 0 aliphatic carbocycles. The highest BCUT2D eigenvalue weighted by Gasteiger charge is 2.25. The highest BCUT2D eigenvalue weighted by atomic mass is 35.5. The Balaban J connectivity index is 3.23. The Hall–Kier alpha value is -1.05. The Morgan fingerprint density at radius 2 is 2.06 bits per heavy atom. The van der Waals surface area contributed by atoms with Gasteiger partial charge < -0.3 is 0 Å². The Bertz CT molecular complexity index is 505. The molecule has 0 aliphatic rings. The predicted molar refractivity (Wildman–Crippen MR) is 63.1 cm³/mol. The molecule has 0 aliphatic heterocycles.